The molecule has 2 aromatic carbocycles. The average molecular weight is 396 g/mol. The molecule has 128 valence electrons. The van der Waals surface area contributed by atoms with Crippen LogP contribution in [0.2, 0.25) is 5.02 Å². The Kier molecular flexibility index (Phi) is 5.12. The second-order valence-electron chi connectivity index (χ2n) is 4.89. The number of amides is 1. The van der Waals surface area contributed by atoms with E-state index >= 15 is 0 Å². The molecule has 5 nitrogen and oxygen atoms in total. The Labute approximate surface area is 156 Å². The lowest BCUT2D eigenvalue weighted by Crippen LogP contribution is -2.34. The third-order valence-corrected chi connectivity index (χ3v) is 4.65. The summed E-state index contributed by atoms with van der Waals surface area (Å²) in [5.74, 6) is -0.287. The van der Waals surface area contributed by atoms with Crippen LogP contribution in [0.5, 0.6) is 5.75 Å². The number of aromatic nitrogens is 1. The molecule has 9 heteroatoms. The molecule has 0 saturated carbocycles. The van der Waals surface area contributed by atoms with Gasteiger partial charge in [-0.15, -0.1) is 0 Å². The van der Waals surface area contributed by atoms with Crippen molar-refractivity contribution in [3.05, 3.63) is 52.8 Å². The second kappa shape index (κ2) is 7.30. The molecule has 0 unspecified atom stereocenters. The molecule has 1 heterocycles. The third kappa shape index (κ3) is 4.04. The minimum absolute atomic E-state index is 0.0801. The van der Waals surface area contributed by atoms with Crippen LogP contribution in [0.1, 0.15) is 10.4 Å². The van der Waals surface area contributed by atoms with Crippen LogP contribution in [-0.2, 0) is 0 Å². The van der Waals surface area contributed by atoms with Gasteiger partial charge in [0.05, 0.1) is 22.3 Å². The first-order chi connectivity index (χ1) is 12.0. The van der Waals surface area contributed by atoms with Crippen LogP contribution in [0.25, 0.3) is 10.2 Å². The molecule has 0 aliphatic rings. The molecule has 0 radical (unpaired) electrons. The number of halogens is 2. The molecule has 3 rings (SSSR count). The van der Waals surface area contributed by atoms with E-state index in [0.29, 0.717) is 31.7 Å². The van der Waals surface area contributed by atoms with Crippen LogP contribution in [-0.4, -0.2) is 23.1 Å². The summed E-state index contributed by atoms with van der Waals surface area (Å²) in [6.45, 7) is 0. The van der Waals surface area contributed by atoms with Gasteiger partial charge in [-0.3, -0.25) is 10.1 Å². The van der Waals surface area contributed by atoms with Crippen molar-refractivity contribution in [3.8, 4) is 5.75 Å². The van der Waals surface area contributed by atoms with E-state index in [2.05, 4.69) is 15.6 Å². The smallest absolute Gasteiger partial charge is 0.257 e. The van der Waals surface area contributed by atoms with E-state index in [-0.39, 0.29) is 10.9 Å². The van der Waals surface area contributed by atoms with Crippen LogP contribution >= 0.6 is 35.2 Å². The molecular weight excluding hydrogens is 385 g/mol. The van der Waals surface area contributed by atoms with E-state index in [1.165, 1.54) is 36.6 Å². The fourth-order valence-electron chi connectivity index (χ4n) is 2.06. The highest BCUT2D eigenvalue weighted by Crippen LogP contribution is 2.27. The van der Waals surface area contributed by atoms with Gasteiger partial charge in [0.2, 0.25) is 0 Å². The number of carbonyl (C=O) groups excluding carboxylic acids is 1. The molecular formula is C16H11ClFN3O2S2. The number of hydrogen-bond acceptors (Lipinski definition) is 5. The zero-order valence-corrected chi connectivity index (χ0v) is 15.2. The summed E-state index contributed by atoms with van der Waals surface area (Å²) in [7, 11) is 1.49. The normalized spacial score (nSPS) is 10.5. The van der Waals surface area contributed by atoms with Crippen molar-refractivity contribution >= 4 is 61.5 Å². The highest BCUT2D eigenvalue weighted by molar-refractivity contribution is 7.80. The van der Waals surface area contributed by atoms with Crippen molar-refractivity contribution in [1.29, 1.82) is 0 Å². The van der Waals surface area contributed by atoms with Gasteiger partial charge in [0, 0.05) is 5.56 Å². The molecule has 0 aliphatic carbocycles. The quantitative estimate of drug-likeness (QED) is 0.650. The fourth-order valence-corrected chi connectivity index (χ4v) is 3.47. The predicted octanol–water partition coefficient (Wildman–Crippen LogP) is 4.22. The molecule has 2 N–H and O–H groups in total. The number of anilines is 1. The summed E-state index contributed by atoms with van der Waals surface area (Å²) in [5.41, 5.74) is 0.978. The maximum Gasteiger partial charge on any atom is 0.257 e. The van der Waals surface area contributed by atoms with Gasteiger partial charge in [-0.05, 0) is 48.6 Å². The first kappa shape index (κ1) is 17.5. The van der Waals surface area contributed by atoms with Crippen molar-refractivity contribution in [1.82, 2.24) is 10.3 Å². The third-order valence-electron chi connectivity index (χ3n) is 3.21. The molecule has 0 spiro atoms. The van der Waals surface area contributed by atoms with E-state index in [9.17, 15) is 9.18 Å². The number of thiazole rings is 1. The lowest BCUT2D eigenvalue weighted by atomic mass is 10.2. The Morgan fingerprint density at radius 2 is 2.12 bits per heavy atom. The number of methoxy groups -OCH3 is 1. The first-order valence-corrected chi connectivity index (χ1v) is 8.58. The number of thiocarbonyl (C=S) groups is 1. The summed E-state index contributed by atoms with van der Waals surface area (Å²) in [6, 6.07) is 8.95. The topological polar surface area (TPSA) is 63.2 Å². The lowest BCUT2D eigenvalue weighted by molar-refractivity contribution is 0.0977. The van der Waals surface area contributed by atoms with Crippen molar-refractivity contribution < 1.29 is 13.9 Å². The number of nitrogens with one attached hydrogen (secondary N) is 2. The Morgan fingerprint density at radius 3 is 2.84 bits per heavy atom. The van der Waals surface area contributed by atoms with E-state index < -0.39 is 5.91 Å². The van der Waals surface area contributed by atoms with Gasteiger partial charge >= 0.3 is 0 Å². The number of rotatable bonds is 3. The number of hydrogen-bond donors (Lipinski definition) is 2. The van der Waals surface area contributed by atoms with Crippen LogP contribution in [0.4, 0.5) is 9.52 Å². The summed E-state index contributed by atoms with van der Waals surface area (Å²) in [6.07, 6.45) is 0. The van der Waals surface area contributed by atoms with E-state index in [0.717, 1.165) is 0 Å². The van der Waals surface area contributed by atoms with E-state index in [4.69, 9.17) is 28.6 Å². The molecule has 1 amide bonds. The van der Waals surface area contributed by atoms with Crippen molar-refractivity contribution in [3.63, 3.8) is 0 Å². The van der Waals surface area contributed by atoms with Gasteiger partial charge in [0.25, 0.3) is 5.91 Å². The Hall–Kier alpha value is -2.29. The van der Waals surface area contributed by atoms with E-state index in [1.54, 1.807) is 18.2 Å². The van der Waals surface area contributed by atoms with Gasteiger partial charge in [-0.2, -0.15) is 0 Å². The van der Waals surface area contributed by atoms with Gasteiger partial charge in [0.1, 0.15) is 11.6 Å². The Balaban J connectivity index is 1.68. The molecule has 0 atom stereocenters. The standard InChI is InChI=1S/C16H11ClFN3O2S2/c1-23-12-5-2-8(6-10(12)17)14(22)20-15(24)21-16-19-11-4-3-9(18)7-13(11)25-16/h2-7H,1H3,(H2,19,20,21,22,24). The maximum atomic E-state index is 13.2. The zero-order valence-electron chi connectivity index (χ0n) is 12.8. The number of nitrogens with zero attached hydrogens (tertiary/aromatic N) is 1. The second-order valence-corrected chi connectivity index (χ2v) is 6.73. The molecule has 0 saturated heterocycles. The van der Waals surface area contributed by atoms with Crippen LogP contribution in [0.3, 0.4) is 0 Å². The lowest BCUT2D eigenvalue weighted by Gasteiger charge is -2.08. The SMILES string of the molecule is COc1ccc(C(=O)NC(=S)Nc2nc3ccc(F)cc3s2)cc1Cl. The van der Waals surface area contributed by atoms with E-state index in [1.807, 2.05) is 0 Å². The monoisotopic (exact) mass is 395 g/mol. The van der Waals surface area contributed by atoms with Crippen molar-refractivity contribution in [2.45, 2.75) is 0 Å². The number of ether oxygens (including phenoxy) is 1. The largest absolute Gasteiger partial charge is 0.495 e. The average Bonchev–Trinajstić information content (AvgIpc) is 2.95. The highest BCUT2D eigenvalue weighted by Gasteiger charge is 2.12. The summed E-state index contributed by atoms with van der Waals surface area (Å²) >= 11 is 12.4. The van der Waals surface area contributed by atoms with Crippen LogP contribution in [0, 0.1) is 5.82 Å². The Bertz CT molecular complexity index is 977. The van der Waals surface area contributed by atoms with Crippen molar-refractivity contribution in [2.75, 3.05) is 12.4 Å². The Morgan fingerprint density at radius 1 is 1.32 bits per heavy atom. The highest BCUT2D eigenvalue weighted by atomic mass is 35.5. The summed E-state index contributed by atoms with van der Waals surface area (Å²) in [4.78, 5) is 16.5. The number of carbonyl (C=O) groups is 1. The van der Waals surface area contributed by atoms with Crippen LogP contribution in [0.15, 0.2) is 36.4 Å². The van der Waals surface area contributed by atoms with Gasteiger partial charge < -0.3 is 10.1 Å². The first-order valence-electron chi connectivity index (χ1n) is 6.98. The van der Waals surface area contributed by atoms with Gasteiger partial charge in [-0.25, -0.2) is 9.37 Å². The minimum Gasteiger partial charge on any atom is -0.495 e. The predicted molar refractivity (Wildman–Crippen MR) is 101 cm³/mol. The maximum absolute atomic E-state index is 13.2. The number of fused-ring (bicyclic) bond motifs is 1. The molecule has 1 aromatic heterocycles. The molecule has 25 heavy (non-hydrogen) atoms. The van der Waals surface area contributed by atoms with Crippen molar-refractivity contribution in [2.24, 2.45) is 0 Å². The zero-order chi connectivity index (χ0) is 18.0. The molecule has 0 bridgehead atoms. The van der Waals surface area contributed by atoms with Gasteiger partial charge in [0.15, 0.2) is 10.2 Å². The minimum atomic E-state index is -0.422. The molecule has 3 aromatic rings. The molecule has 0 aliphatic heterocycles. The fraction of sp³-hybridized carbons (Fsp3) is 0.0625. The molecule has 0 fully saturated rings. The number of benzene rings is 2. The van der Waals surface area contributed by atoms with Gasteiger partial charge in [-0.1, -0.05) is 22.9 Å². The summed E-state index contributed by atoms with van der Waals surface area (Å²) in [5, 5.41) is 6.21. The summed E-state index contributed by atoms with van der Waals surface area (Å²) < 4.78 is 18.9. The van der Waals surface area contributed by atoms with Crippen LogP contribution < -0.4 is 15.4 Å².